The molecule has 0 radical (unpaired) electrons. The predicted molar refractivity (Wildman–Crippen MR) is 550 cm³/mol. The quantitative estimate of drug-likeness (QED) is 0.135. The first-order valence-corrected chi connectivity index (χ1v) is 47.2. The summed E-state index contributed by atoms with van der Waals surface area (Å²) in [5.41, 5.74) is 33.4. The molecule has 0 amide bonds. The molecular formula is C123H89N6OP. The largest absolute Gasteiger partial charge is 0.309 e. The minimum Gasteiger partial charge on any atom is -0.309 e. The normalized spacial score (nSPS) is 13.6. The molecule has 0 fully saturated rings. The second-order valence-corrected chi connectivity index (χ2v) is 39.7. The fraction of sp³-hybridized carbons (Fsp3) is 0.0732. The molecule has 0 spiro atoms. The van der Waals surface area contributed by atoms with Gasteiger partial charge in [0.2, 0.25) is 0 Å². The van der Waals surface area contributed by atoms with Gasteiger partial charge in [-0.1, -0.05) is 327 Å². The van der Waals surface area contributed by atoms with Crippen LogP contribution in [0.5, 0.6) is 0 Å². The van der Waals surface area contributed by atoms with Crippen LogP contribution < -0.4 is 15.9 Å². The molecule has 19 aromatic carbocycles. The Kier molecular flexibility index (Phi) is 17.5. The molecule has 5 heterocycles. The summed E-state index contributed by atoms with van der Waals surface area (Å²) in [5.74, 6) is 0.938. The van der Waals surface area contributed by atoms with E-state index in [9.17, 15) is 0 Å². The van der Waals surface area contributed by atoms with Crippen molar-refractivity contribution in [1.82, 2.24) is 28.2 Å². The third-order valence-corrected chi connectivity index (χ3v) is 31.9. The van der Waals surface area contributed by atoms with Gasteiger partial charge in [0.1, 0.15) is 5.82 Å². The first kappa shape index (κ1) is 77.5. The smallest absolute Gasteiger partial charge is 0.171 e. The van der Waals surface area contributed by atoms with E-state index >= 15 is 4.57 Å². The van der Waals surface area contributed by atoms with Gasteiger partial charge in [-0.3, -0.25) is 9.55 Å². The van der Waals surface area contributed by atoms with Gasteiger partial charge < -0.3 is 18.3 Å². The average Bonchev–Trinajstić information content (AvgIpc) is 1.62. The van der Waals surface area contributed by atoms with Crippen molar-refractivity contribution in [2.45, 2.75) is 57.8 Å². The zero-order valence-electron chi connectivity index (χ0n) is 73.5. The number of benzene rings is 19. The SMILES string of the molecule is CC1(C)c2ccccc2-c2c3c1cccc3cc1c2c2ccccc2n1-c1ccc(-c2ccncc2)cc1.CC1(C)c2ccccc2-c2c3c1cccc3cc1c2c2ccccc2n1-c1ccc(-c2nc3ccccc3n2-c2ccccc2)cc1.CC1(C)c2ccccc2-c2c3c1cccc3cc1c2c2ccccc2n1-c1ccc(P(=O)(c2ccccc2)c2ccccc2)cc1. The molecule has 0 N–H and O–H groups in total. The van der Waals surface area contributed by atoms with Gasteiger partial charge in [0.05, 0.1) is 44.1 Å². The van der Waals surface area contributed by atoms with E-state index in [2.05, 4.69) is 423 Å². The zero-order chi connectivity index (χ0) is 87.8. The molecule has 24 aromatic rings. The zero-order valence-corrected chi connectivity index (χ0v) is 74.4. The monoisotopic (exact) mass is 1700 g/mol. The Morgan fingerprint density at radius 3 is 0.947 bits per heavy atom. The van der Waals surface area contributed by atoms with Crippen molar-refractivity contribution in [3.63, 3.8) is 0 Å². The van der Waals surface area contributed by atoms with Crippen molar-refractivity contribution in [2.24, 2.45) is 0 Å². The number of hydrogen-bond donors (Lipinski definition) is 0. The lowest BCUT2D eigenvalue weighted by atomic mass is 9.68. The first-order chi connectivity index (χ1) is 64.2. The summed E-state index contributed by atoms with van der Waals surface area (Å²) in [5, 5.41) is 18.2. The molecule has 3 aliphatic carbocycles. The highest BCUT2D eigenvalue weighted by Gasteiger charge is 2.40. The van der Waals surface area contributed by atoms with Gasteiger partial charge in [-0.2, -0.15) is 0 Å². The van der Waals surface area contributed by atoms with Crippen LogP contribution in [0.2, 0.25) is 0 Å². The third-order valence-electron chi connectivity index (χ3n) is 28.8. The number of imidazole rings is 1. The molecule has 622 valence electrons. The van der Waals surface area contributed by atoms with Crippen molar-refractivity contribution in [2.75, 3.05) is 0 Å². The van der Waals surface area contributed by atoms with E-state index in [0.29, 0.717) is 0 Å². The molecule has 8 heteroatoms. The van der Waals surface area contributed by atoms with Gasteiger partial charge in [-0.05, 0) is 227 Å². The third kappa shape index (κ3) is 11.7. The second-order valence-electron chi connectivity index (χ2n) is 36.9. The minimum atomic E-state index is -3.07. The number of nitrogens with zero attached hydrogens (tertiary/aromatic N) is 6. The van der Waals surface area contributed by atoms with E-state index in [1.54, 1.807) is 0 Å². The summed E-state index contributed by atoms with van der Waals surface area (Å²) in [4.78, 5) is 9.28. The van der Waals surface area contributed by atoms with E-state index in [4.69, 9.17) is 4.98 Å². The van der Waals surface area contributed by atoms with Crippen molar-refractivity contribution < 1.29 is 4.57 Å². The molecule has 131 heavy (non-hydrogen) atoms. The van der Waals surface area contributed by atoms with Crippen molar-refractivity contribution in [3.05, 3.63) is 464 Å². The molecular weight excluding hydrogens is 1610 g/mol. The van der Waals surface area contributed by atoms with Gasteiger partial charge in [0, 0.05) is 122 Å². The minimum absolute atomic E-state index is 0.0576. The maximum atomic E-state index is 15.1. The van der Waals surface area contributed by atoms with Crippen LogP contribution in [0, 0.1) is 0 Å². The Morgan fingerprint density at radius 2 is 0.542 bits per heavy atom. The molecule has 0 aliphatic heterocycles. The lowest BCUT2D eigenvalue weighted by Crippen LogP contribution is -2.25. The number of pyridine rings is 1. The second kappa shape index (κ2) is 29.6. The fourth-order valence-corrected chi connectivity index (χ4v) is 25.4. The van der Waals surface area contributed by atoms with Crippen LogP contribution in [0.1, 0.15) is 74.9 Å². The number of rotatable bonds is 9. The van der Waals surface area contributed by atoms with Crippen molar-refractivity contribution in [3.8, 4) is 78.6 Å². The number of para-hydroxylation sites is 6. The Morgan fingerprint density at radius 1 is 0.237 bits per heavy atom. The summed E-state index contributed by atoms with van der Waals surface area (Å²) in [6, 6.07) is 150. The Hall–Kier alpha value is -15.8. The molecule has 7 nitrogen and oxygen atoms in total. The van der Waals surface area contributed by atoms with E-state index in [0.717, 1.165) is 60.9 Å². The maximum absolute atomic E-state index is 15.1. The van der Waals surface area contributed by atoms with E-state index in [-0.39, 0.29) is 16.2 Å². The molecule has 0 unspecified atom stereocenters. The molecule has 0 saturated carbocycles. The number of fused-ring (bicyclic) bond motifs is 19. The average molecular weight is 1700 g/mol. The van der Waals surface area contributed by atoms with Gasteiger partial charge in [0.15, 0.2) is 7.14 Å². The molecule has 0 atom stereocenters. The first-order valence-electron chi connectivity index (χ1n) is 45.4. The van der Waals surface area contributed by atoms with Crippen LogP contribution in [0.15, 0.2) is 431 Å². The Bertz CT molecular complexity index is 8820. The molecule has 5 aromatic heterocycles. The summed E-state index contributed by atoms with van der Waals surface area (Å²) in [6.07, 6.45) is 3.69. The van der Waals surface area contributed by atoms with E-state index in [1.165, 1.54) is 176 Å². The van der Waals surface area contributed by atoms with Crippen LogP contribution >= 0.6 is 7.14 Å². The highest BCUT2D eigenvalue weighted by Crippen LogP contribution is 2.58. The van der Waals surface area contributed by atoms with Crippen LogP contribution in [0.3, 0.4) is 0 Å². The van der Waals surface area contributed by atoms with Crippen molar-refractivity contribution in [1.29, 1.82) is 0 Å². The lowest BCUT2D eigenvalue weighted by molar-refractivity contribution is 0.592. The lowest BCUT2D eigenvalue weighted by Gasteiger charge is -2.35. The molecule has 3 aliphatic rings. The van der Waals surface area contributed by atoms with Crippen LogP contribution in [0.4, 0.5) is 0 Å². The van der Waals surface area contributed by atoms with Crippen molar-refractivity contribution >= 4 is 132 Å². The van der Waals surface area contributed by atoms with Crippen LogP contribution in [-0.4, -0.2) is 28.2 Å². The van der Waals surface area contributed by atoms with Gasteiger partial charge >= 0.3 is 0 Å². The summed E-state index contributed by atoms with van der Waals surface area (Å²) in [6.45, 7) is 14.2. The van der Waals surface area contributed by atoms with Crippen LogP contribution in [0.25, 0.3) is 187 Å². The number of hydrogen-bond acceptors (Lipinski definition) is 3. The summed E-state index contributed by atoms with van der Waals surface area (Å²) < 4.78 is 24.6. The standard InChI is InChI=1S/C44H31N3.C43H32NOP.C36H26N2/c1-44(2)34-18-8-6-16-32(34)42-40-29(13-12-19-35(40)44)27-39-41(42)33-17-7-10-21-37(33)46(39)31-25-23-28(24-26-31)43-45-36-20-9-11-22-38(36)47(43)30-14-4-3-5-15-30;1-43(2)36-21-11-9-19-34(36)42-40-29(14-13-22-37(40)43)28-39-41(42)35-20-10-12-23-38(35)44(39)30-24-26-33(27-25-30)46(45,31-15-5-3-6-16-31)32-17-7-4-8-18-32;1-36(2)29-11-5-3-9-27(29)35-33-25(8-7-12-30(33)36)22-32-34(35)28-10-4-6-13-31(28)38(32)26-16-14-23(15-17-26)24-18-20-37-21-19-24/h3-27H,1-2H3;3-28H,1-2H3;3-22H,1-2H3. The van der Waals surface area contributed by atoms with Gasteiger partial charge in [-0.15, -0.1) is 0 Å². The fourth-order valence-electron chi connectivity index (χ4n) is 22.8. The maximum Gasteiger partial charge on any atom is 0.171 e. The Labute approximate surface area is 760 Å². The highest BCUT2D eigenvalue weighted by atomic mass is 31.2. The summed E-state index contributed by atoms with van der Waals surface area (Å²) in [7, 11) is -3.07. The van der Waals surface area contributed by atoms with Gasteiger partial charge in [-0.25, -0.2) is 4.98 Å². The molecule has 0 bridgehead atoms. The predicted octanol–water partition coefficient (Wildman–Crippen LogP) is 30.4. The molecule has 0 saturated heterocycles. The van der Waals surface area contributed by atoms with Gasteiger partial charge in [0.25, 0.3) is 0 Å². The summed E-state index contributed by atoms with van der Waals surface area (Å²) >= 11 is 0. The Balaban J connectivity index is 0.000000106. The topological polar surface area (TPSA) is 62.6 Å². The van der Waals surface area contributed by atoms with E-state index < -0.39 is 7.14 Å². The highest BCUT2D eigenvalue weighted by molar-refractivity contribution is 7.85. The molecule has 27 rings (SSSR count). The van der Waals surface area contributed by atoms with Crippen LogP contribution in [-0.2, 0) is 20.8 Å². The number of aromatic nitrogens is 6. The van der Waals surface area contributed by atoms with E-state index in [1.807, 2.05) is 73.1 Å².